The molecule has 6 nitrogen and oxygen atoms in total. The van der Waals surface area contributed by atoms with E-state index in [4.69, 9.17) is 15.2 Å². The zero-order chi connectivity index (χ0) is 19.9. The number of amides is 2. The summed E-state index contributed by atoms with van der Waals surface area (Å²) in [6.07, 6.45) is -0.723. The lowest BCUT2D eigenvalue weighted by Gasteiger charge is -2.15. The van der Waals surface area contributed by atoms with Gasteiger partial charge >= 0.3 is 0 Å². The Morgan fingerprint density at radius 1 is 0.821 bits per heavy atom. The first kappa shape index (κ1) is 19.0. The zero-order valence-corrected chi connectivity index (χ0v) is 15.3. The van der Waals surface area contributed by atoms with E-state index in [-0.39, 0.29) is 5.91 Å². The first-order valence-corrected chi connectivity index (χ1v) is 8.71. The average molecular weight is 376 g/mol. The molecule has 3 aromatic carbocycles. The molecule has 0 unspecified atom stereocenters. The van der Waals surface area contributed by atoms with Crippen molar-refractivity contribution in [3.05, 3.63) is 84.4 Å². The van der Waals surface area contributed by atoms with E-state index in [1.807, 2.05) is 30.3 Å². The van der Waals surface area contributed by atoms with Crippen LogP contribution in [0.15, 0.2) is 78.9 Å². The van der Waals surface area contributed by atoms with Crippen LogP contribution in [0, 0.1) is 0 Å². The Morgan fingerprint density at radius 2 is 1.39 bits per heavy atom. The van der Waals surface area contributed by atoms with Crippen molar-refractivity contribution >= 4 is 17.5 Å². The molecule has 0 aliphatic heterocycles. The lowest BCUT2D eigenvalue weighted by atomic mass is 10.2. The van der Waals surface area contributed by atoms with Crippen molar-refractivity contribution in [2.45, 2.75) is 13.0 Å². The van der Waals surface area contributed by atoms with E-state index in [1.54, 1.807) is 55.5 Å². The van der Waals surface area contributed by atoms with Crippen LogP contribution in [0.3, 0.4) is 0 Å². The van der Waals surface area contributed by atoms with E-state index in [0.717, 1.165) is 5.75 Å². The van der Waals surface area contributed by atoms with Gasteiger partial charge in [-0.25, -0.2) is 0 Å². The summed E-state index contributed by atoms with van der Waals surface area (Å²) in [5, 5.41) is 2.79. The fourth-order valence-electron chi connectivity index (χ4n) is 2.43. The summed E-state index contributed by atoms with van der Waals surface area (Å²) in [4.78, 5) is 23.4. The highest BCUT2D eigenvalue weighted by Gasteiger charge is 2.15. The largest absolute Gasteiger partial charge is 0.481 e. The summed E-state index contributed by atoms with van der Waals surface area (Å²) in [6, 6.07) is 22.8. The fraction of sp³-hybridized carbons (Fsp3) is 0.0909. The summed E-state index contributed by atoms with van der Waals surface area (Å²) in [6.45, 7) is 1.64. The molecule has 0 bridgehead atoms. The van der Waals surface area contributed by atoms with Crippen LogP contribution in [0.1, 0.15) is 17.3 Å². The number of rotatable bonds is 7. The van der Waals surface area contributed by atoms with Crippen molar-refractivity contribution in [2.24, 2.45) is 5.73 Å². The van der Waals surface area contributed by atoms with E-state index in [9.17, 15) is 9.59 Å². The Kier molecular flexibility index (Phi) is 5.91. The molecule has 0 aliphatic carbocycles. The second-order valence-electron chi connectivity index (χ2n) is 6.08. The molecule has 142 valence electrons. The molecule has 0 spiro atoms. The van der Waals surface area contributed by atoms with Gasteiger partial charge in [0.05, 0.1) is 0 Å². The third-order valence-corrected chi connectivity index (χ3v) is 3.92. The Morgan fingerprint density at radius 3 is 2.00 bits per heavy atom. The minimum absolute atomic E-state index is 0.296. The third kappa shape index (κ3) is 5.11. The summed E-state index contributed by atoms with van der Waals surface area (Å²) in [7, 11) is 0. The zero-order valence-electron chi connectivity index (χ0n) is 15.3. The molecular weight excluding hydrogens is 356 g/mol. The number of anilines is 1. The Hall–Kier alpha value is -3.80. The molecule has 0 saturated heterocycles. The molecule has 6 heteroatoms. The van der Waals surface area contributed by atoms with Crippen LogP contribution in [-0.2, 0) is 4.79 Å². The number of carbonyl (C=O) groups excluding carboxylic acids is 2. The van der Waals surface area contributed by atoms with Crippen molar-refractivity contribution in [2.75, 3.05) is 5.32 Å². The van der Waals surface area contributed by atoms with Crippen molar-refractivity contribution in [3.8, 4) is 17.2 Å². The highest BCUT2D eigenvalue weighted by Crippen LogP contribution is 2.23. The van der Waals surface area contributed by atoms with Gasteiger partial charge in [-0.2, -0.15) is 0 Å². The van der Waals surface area contributed by atoms with E-state index < -0.39 is 12.0 Å². The molecule has 0 fully saturated rings. The molecule has 2 amide bonds. The van der Waals surface area contributed by atoms with Gasteiger partial charge in [0.2, 0.25) is 5.91 Å². The third-order valence-electron chi connectivity index (χ3n) is 3.92. The number of carbonyl (C=O) groups is 2. The van der Waals surface area contributed by atoms with Crippen LogP contribution in [-0.4, -0.2) is 17.9 Å². The number of ether oxygens (including phenoxy) is 2. The number of hydrogen-bond donors (Lipinski definition) is 2. The molecule has 3 rings (SSSR count). The monoisotopic (exact) mass is 376 g/mol. The summed E-state index contributed by atoms with van der Waals surface area (Å²) in [5.74, 6) is 1.07. The number of para-hydroxylation sites is 1. The molecule has 3 N–H and O–H groups in total. The van der Waals surface area contributed by atoms with Gasteiger partial charge < -0.3 is 20.5 Å². The van der Waals surface area contributed by atoms with Crippen molar-refractivity contribution < 1.29 is 19.1 Å². The van der Waals surface area contributed by atoms with Gasteiger partial charge in [-0.15, -0.1) is 0 Å². The van der Waals surface area contributed by atoms with E-state index in [0.29, 0.717) is 22.7 Å². The van der Waals surface area contributed by atoms with Crippen molar-refractivity contribution in [1.29, 1.82) is 0 Å². The average Bonchev–Trinajstić information content (AvgIpc) is 2.70. The van der Waals surface area contributed by atoms with E-state index in [2.05, 4.69) is 5.32 Å². The van der Waals surface area contributed by atoms with E-state index >= 15 is 0 Å². The van der Waals surface area contributed by atoms with Gasteiger partial charge in [0.1, 0.15) is 17.2 Å². The summed E-state index contributed by atoms with van der Waals surface area (Å²) < 4.78 is 11.3. The van der Waals surface area contributed by atoms with Crippen LogP contribution >= 0.6 is 0 Å². The SMILES string of the molecule is C[C@@H](Oc1ccc(C(N)=O)cc1)C(=O)Nc1ccc(Oc2ccccc2)cc1. The summed E-state index contributed by atoms with van der Waals surface area (Å²) >= 11 is 0. The van der Waals surface area contributed by atoms with Gasteiger partial charge in [0, 0.05) is 11.3 Å². The Balaban J connectivity index is 1.55. The van der Waals surface area contributed by atoms with Crippen LogP contribution in [0.2, 0.25) is 0 Å². The Bertz CT molecular complexity index is 939. The number of primary amides is 1. The molecule has 3 aromatic rings. The first-order chi connectivity index (χ1) is 13.5. The van der Waals surface area contributed by atoms with Crippen LogP contribution in [0.4, 0.5) is 5.69 Å². The van der Waals surface area contributed by atoms with Gasteiger partial charge in [0.15, 0.2) is 6.10 Å². The van der Waals surface area contributed by atoms with Gasteiger partial charge in [-0.1, -0.05) is 18.2 Å². The number of nitrogens with one attached hydrogen (secondary N) is 1. The van der Waals surface area contributed by atoms with Gasteiger partial charge in [-0.3, -0.25) is 9.59 Å². The smallest absolute Gasteiger partial charge is 0.265 e. The molecule has 0 heterocycles. The molecule has 1 atom stereocenters. The number of nitrogens with two attached hydrogens (primary N) is 1. The highest BCUT2D eigenvalue weighted by molar-refractivity contribution is 5.94. The fourth-order valence-corrected chi connectivity index (χ4v) is 2.43. The topological polar surface area (TPSA) is 90.7 Å². The van der Waals surface area contributed by atoms with E-state index in [1.165, 1.54) is 0 Å². The maximum absolute atomic E-state index is 12.3. The van der Waals surface area contributed by atoms with Gasteiger partial charge in [-0.05, 0) is 67.6 Å². The maximum Gasteiger partial charge on any atom is 0.265 e. The second kappa shape index (κ2) is 8.73. The summed E-state index contributed by atoms with van der Waals surface area (Å²) in [5.41, 5.74) is 6.21. The predicted molar refractivity (Wildman–Crippen MR) is 107 cm³/mol. The lowest BCUT2D eigenvalue weighted by molar-refractivity contribution is -0.122. The minimum atomic E-state index is -0.723. The lowest BCUT2D eigenvalue weighted by Crippen LogP contribution is -2.30. The standard InChI is InChI=1S/C22H20N2O4/c1-15(27-19-11-7-16(8-12-19)21(23)25)22(26)24-17-9-13-20(14-10-17)28-18-5-3-2-4-6-18/h2-15H,1H3,(H2,23,25)(H,24,26)/t15-/m1/s1. The van der Waals surface area contributed by atoms with Crippen molar-refractivity contribution in [1.82, 2.24) is 0 Å². The maximum atomic E-state index is 12.3. The molecule has 0 saturated carbocycles. The first-order valence-electron chi connectivity index (χ1n) is 8.71. The number of benzene rings is 3. The number of hydrogen-bond acceptors (Lipinski definition) is 4. The molecule has 0 radical (unpaired) electrons. The molecule has 0 aliphatic rings. The Labute approximate surface area is 162 Å². The van der Waals surface area contributed by atoms with Crippen LogP contribution < -0.4 is 20.5 Å². The quantitative estimate of drug-likeness (QED) is 0.652. The predicted octanol–water partition coefficient (Wildman–Crippen LogP) is 3.98. The van der Waals surface area contributed by atoms with Crippen LogP contribution in [0.25, 0.3) is 0 Å². The van der Waals surface area contributed by atoms with Crippen LogP contribution in [0.5, 0.6) is 17.2 Å². The van der Waals surface area contributed by atoms with Crippen molar-refractivity contribution in [3.63, 3.8) is 0 Å². The van der Waals surface area contributed by atoms with Gasteiger partial charge in [0.25, 0.3) is 5.91 Å². The second-order valence-corrected chi connectivity index (χ2v) is 6.08. The molecular formula is C22H20N2O4. The molecule has 28 heavy (non-hydrogen) atoms. The minimum Gasteiger partial charge on any atom is -0.481 e. The normalized spacial score (nSPS) is 11.3. The molecule has 0 aromatic heterocycles. The highest BCUT2D eigenvalue weighted by atomic mass is 16.5.